The molecule has 134 valence electrons. The Bertz CT molecular complexity index is 979. The van der Waals surface area contributed by atoms with Crippen LogP contribution in [0.1, 0.15) is 35.3 Å². The molecule has 4 rings (SSSR count). The number of fused-ring (bicyclic) bond motifs is 3. The molecule has 1 aromatic heterocycles. The molecule has 0 bridgehead atoms. The lowest BCUT2D eigenvalue weighted by molar-refractivity contribution is 0.0932. The molecule has 5 heteroatoms. The zero-order chi connectivity index (χ0) is 18.3. The van der Waals surface area contributed by atoms with Crippen molar-refractivity contribution in [3.05, 3.63) is 69.9 Å². The number of aromatic amines is 1. The Balaban J connectivity index is 1.89. The van der Waals surface area contributed by atoms with Crippen molar-refractivity contribution in [3.63, 3.8) is 0 Å². The smallest absolute Gasteiger partial charge is 0.410 e. The second kappa shape index (κ2) is 6.69. The van der Waals surface area contributed by atoms with Crippen LogP contribution in [0.4, 0.5) is 4.79 Å². The molecule has 3 aromatic rings. The Labute approximate surface area is 157 Å². The number of hydrogen-bond donors (Lipinski definition) is 1. The number of H-pyrrole nitrogens is 1. The van der Waals surface area contributed by atoms with Gasteiger partial charge in [0.05, 0.1) is 6.61 Å². The Morgan fingerprint density at radius 2 is 2.15 bits per heavy atom. The van der Waals surface area contributed by atoms with E-state index in [0.717, 1.165) is 39.2 Å². The van der Waals surface area contributed by atoms with Crippen molar-refractivity contribution in [1.29, 1.82) is 0 Å². The van der Waals surface area contributed by atoms with Gasteiger partial charge < -0.3 is 9.72 Å². The van der Waals surface area contributed by atoms with E-state index in [-0.39, 0.29) is 12.1 Å². The van der Waals surface area contributed by atoms with E-state index in [4.69, 9.17) is 16.3 Å². The van der Waals surface area contributed by atoms with Crippen LogP contribution >= 0.6 is 11.6 Å². The van der Waals surface area contributed by atoms with Crippen molar-refractivity contribution in [2.45, 2.75) is 26.3 Å². The maximum absolute atomic E-state index is 12.6. The number of halogens is 1. The highest BCUT2D eigenvalue weighted by atomic mass is 35.5. The van der Waals surface area contributed by atoms with Gasteiger partial charge in [0.2, 0.25) is 0 Å². The van der Waals surface area contributed by atoms with Crippen LogP contribution in [-0.2, 0) is 11.2 Å². The lowest BCUT2D eigenvalue weighted by Gasteiger charge is -2.35. The molecule has 1 atom stereocenters. The molecule has 4 nitrogen and oxygen atoms in total. The van der Waals surface area contributed by atoms with Crippen molar-refractivity contribution in [3.8, 4) is 0 Å². The molecule has 26 heavy (non-hydrogen) atoms. The third-order valence-electron chi connectivity index (χ3n) is 4.95. The average Bonchev–Trinajstić information content (AvgIpc) is 2.99. The van der Waals surface area contributed by atoms with Crippen LogP contribution in [0.3, 0.4) is 0 Å². The molecule has 2 aromatic carbocycles. The largest absolute Gasteiger partial charge is 0.450 e. The first-order valence-corrected chi connectivity index (χ1v) is 9.26. The van der Waals surface area contributed by atoms with Gasteiger partial charge in [-0.25, -0.2) is 4.79 Å². The molecule has 0 spiro atoms. The predicted octanol–water partition coefficient (Wildman–Crippen LogP) is 5.23. The normalized spacial score (nSPS) is 16.6. The van der Waals surface area contributed by atoms with Gasteiger partial charge in [-0.3, -0.25) is 4.90 Å². The van der Waals surface area contributed by atoms with Crippen LogP contribution in [0.2, 0.25) is 5.02 Å². The average molecular weight is 369 g/mol. The van der Waals surface area contributed by atoms with Gasteiger partial charge in [-0.05, 0) is 49.6 Å². The Hall–Kier alpha value is -2.46. The van der Waals surface area contributed by atoms with Gasteiger partial charge in [0.25, 0.3) is 0 Å². The molecule has 2 heterocycles. The van der Waals surface area contributed by atoms with E-state index in [1.165, 1.54) is 5.56 Å². The number of hydrogen-bond acceptors (Lipinski definition) is 2. The summed E-state index contributed by atoms with van der Waals surface area (Å²) in [6, 6.07) is 14.0. The van der Waals surface area contributed by atoms with E-state index >= 15 is 0 Å². The summed E-state index contributed by atoms with van der Waals surface area (Å²) >= 11 is 6.21. The van der Waals surface area contributed by atoms with Gasteiger partial charge in [-0.1, -0.05) is 41.4 Å². The monoisotopic (exact) mass is 368 g/mol. The summed E-state index contributed by atoms with van der Waals surface area (Å²) in [6.07, 6.45) is 0.498. The summed E-state index contributed by atoms with van der Waals surface area (Å²) in [4.78, 5) is 18.0. The zero-order valence-corrected chi connectivity index (χ0v) is 15.6. The van der Waals surface area contributed by atoms with E-state index in [1.807, 2.05) is 36.1 Å². The number of ether oxygens (including phenoxy) is 1. The molecule has 1 aliphatic heterocycles. The van der Waals surface area contributed by atoms with E-state index in [9.17, 15) is 4.79 Å². The number of nitrogens with one attached hydrogen (secondary N) is 1. The fraction of sp³-hybridized carbons (Fsp3) is 0.286. The molecular formula is C21H21ClN2O2. The van der Waals surface area contributed by atoms with Gasteiger partial charge in [0.15, 0.2) is 0 Å². The first-order valence-electron chi connectivity index (χ1n) is 8.88. The van der Waals surface area contributed by atoms with E-state index < -0.39 is 0 Å². The van der Waals surface area contributed by atoms with Gasteiger partial charge in [-0.2, -0.15) is 0 Å². The summed E-state index contributed by atoms with van der Waals surface area (Å²) in [5.74, 6) is 0. The second-order valence-corrected chi connectivity index (χ2v) is 7.10. The lowest BCUT2D eigenvalue weighted by Crippen LogP contribution is -2.41. The topological polar surface area (TPSA) is 45.3 Å². The summed E-state index contributed by atoms with van der Waals surface area (Å²) in [6.45, 7) is 4.88. The molecular weight excluding hydrogens is 348 g/mol. The minimum absolute atomic E-state index is 0.191. The number of aryl methyl sites for hydroxylation is 1. The molecule has 1 amide bonds. The van der Waals surface area contributed by atoms with E-state index in [0.29, 0.717) is 13.2 Å². The summed E-state index contributed by atoms with van der Waals surface area (Å²) in [7, 11) is 0. The van der Waals surface area contributed by atoms with Crippen LogP contribution in [0.15, 0.2) is 42.5 Å². The first kappa shape index (κ1) is 17.0. The van der Waals surface area contributed by atoms with Crippen LogP contribution < -0.4 is 0 Å². The number of carbonyl (C=O) groups is 1. The fourth-order valence-electron chi connectivity index (χ4n) is 3.85. The fourth-order valence-corrected chi connectivity index (χ4v) is 4.02. The summed E-state index contributed by atoms with van der Waals surface area (Å²) < 4.78 is 5.32. The molecule has 1 unspecified atom stereocenters. The number of aromatic nitrogens is 1. The van der Waals surface area contributed by atoms with Crippen LogP contribution in [0.25, 0.3) is 10.9 Å². The van der Waals surface area contributed by atoms with Gasteiger partial charge in [0, 0.05) is 28.2 Å². The van der Waals surface area contributed by atoms with E-state index in [2.05, 4.69) is 30.1 Å². The number of carbonyl (C=O) groups excluding carboxylic acids is 1. The van der Waals surface area contributed by atoms with Crippen molar-refractivity contribution in [1.82, 2.24) is 9.88 Å². The molecule has 0 aliphatic carbocycles. The first-order chi connectivity index (χ1) is 12.6. The van der Waals surface area contributed by atoms with Crippen molar-refractivity contribution >= 4 is 28.6 Å². The number of rotatable bonds is 2. The standard InChI is InChI=1S/C21H21ClN2O2/c1-3-26-21(25)24-10-9-16-17-12-15(22)7-8-18(17)23-19(16)20(24)14-6-4-5-13(2)11-14/h4-8,11-12,20,23H,3,9-10H2,1-2H3. The van der Waals surface area contributed by atoms with Crippen molar-refractivity contribution in [2.75, 3.05) is 13.2 Å². The zero-order valence-electron chi connectivity index (χ0n) is 14.9. The number of nitrogens with zero attached hydrogens (tertiary/aromatic N) is 1. The Kier molecular flexibility index (Phi) is 4.37. The minimum atomic E-state index is -0.277. The molecule has 1 N–H and O–H groups in total. The van der Waals surface area contributed by atoms with E-state index in [1.54, 1.807) is 0 Å². The lowest BCUT2D eigenvalue weighted by atomic mass is 9.92. The summed E-state index contributed by atoms with van der Waals surface area (Å²) in [5.41, 5.74) is 5.57. The highest BCUT2D eigenvalue weighted by Gasteiger charge is 2.35. The van der Waals surface area contributed by atoms with Gasteiger partial charge in [-0.15, -0.1) is 0 Å². The molecule has 0 saturated heterocycles. The van der Waals surface area contributed by atoms with Crippen molar-refractivity contribution in [2.24, 2.45) is 0 Å². The summed E-state index contributed by atoms with van der Waals surface area (Å²) in [5, 5.41) is 1.85. The second-order valence-electron chi connectivity index (χ2n) is 6.67. The molecule has 1 aliphatic rings. The maximum atomic E-state index is 12.6. The Morgan fingerprint density at radius 3 is 2.92 bits per heavy atom. The van der Waals surface area contributed by atoms with Gasteiger partial charge >= 0.3 is 6.09 Å². The maximum Gasteiger partial charge on any atom is 0.410 e. The molecule has 0 saturated carbocycles. The predicted molar refractivity (Wildman–Crippen MR) is 104 cm³/mol. The van der Waals surface area contributed by atoms with Crippen LogP contribution in [0.5, 0.6) is 0 Å². The van der Waals surface area contributed by atoms with Crippen molar-refractivity contribution < 1.29 is 9.53 Å². The minimum Gasteiger partial charge on any atom is -0.450 e. The Morgan fingerprint density at radius 1 is 1.31 bits per heavy atom. The highest BCUT2D eigenvalue weighted by Crippen LogP contribution is 2.39. The number of amides is 1. The number of benzene rings is 2. The van der Waals surface area contributed by atoms with Crippen LogP contribution in [0, 0.1) is 6.92 Å². The molecule has 0 radical (unpaired) electrons. The van der Waals surface area contributed by atoms with Crippen LogP contribution in [-0.4, -0.2) is 29.1 Å². The third-order valence-corrected chi connectivity index (χ3v) is 5.18. The molecule has 0 fully saturated rings. The van der Waals surface area contributed by atoms with Gasteiger partial charge in [0.1, 0.15) is 6.04 Å². The third kappa shape index (κ3) is 2.84. The SMILES string of the molecule is CCOC(=O)N1CCc2c([nH]c3ccc(Cl)cc23)C1c1cccc(C)c1. The quantitative estimate of drug-likeness (QED) is 0.672. The highest BCUT2D eigenvalue weighted by molar-refractivity contribution is 6.31.